The molecule has 2 aromatic carbocycles. The van der Waals surface area contributed by atoms with Crippen LogP contribution in [0.2, 0.25) is 0 Å². The van der Waals surface area contributed by atoms with Crippen LogP contribution in [0.1, 0.15) is 36.1 Å². The first-order valence-corrected chi connectivity index (χ1v) is 12.1. The summed E-state index contributed by atoms with van der Waals surface area (Å²) in [7, 11) is -3.99. The molecule has 178 valence electrons. The molecule has 1 aliphatic heterocycles. The highest BCUT2D eigenvalue weighted by molar-refractivity contribution is 7.89. The number of esters is 1. The number of hydrogen-bond donors (Lipinski definition) is 2. The molecular weight excluding hydrogens is 448 g/mol. The van der Waals surface area contributed by atoms with Gasteiger partial charge in [-0.05, 0) is 49.6 Å². The molecule has 2 N–H and O–H groups in total. The average molecular weight is 477 g/mol. The smallest absolute Gasteiger partial charge is 0.321 e. The van der Waals surface area contributed by atoms with Gasteiger partial charge in [0.05, 0.1) is 24.2 Å². The predicted molar refractivity (Wildman–Crippen MR) is 121 cm³/mol. The van der Waals surface area contributed by atoms with Crippen LogP contribution in [0.15, 0.2) is 41.3 Å². The number of benzene rings is 2. The molecule has 9 nitrogen and oxygen atoms in total. The molecule has 0 spiro atoms. The lowest BCUT2D eigenvalue weighted by Gasteiger charge is -2.16. The lowest BCUT2D eigenvalue weighted by atomic mass is 10.0. The standard InChI is InChI=1S/C23H28N2O7S/c1-15-5-6-18(11-16(15)2)17(3)25-22(26)14-32-23(27)13-24-33(28,29)19-7-8-20-21(12-19)31-10-4-9-30-20/h5-8,11-12,17,24H,4,9-10,13-14H2,1-3H3,(H,25,26). The minimum atomic E-state index is -3.99. The van der Waals surface area contributed by atoms with E-state index in [-0.39, 0.29) is 10.9 Å². The van der Waals surface area contributed by atoms with Gasteiger partial charge >= 0.3 is 5.97 Å². The van der Waals surface area contributed by atoms with E-state index in [1.165, 1.54) is 18.2 Å². The summed E-state index contributed by atoms with van der Waals surface area (Å²) in [6.07, 6.45) is 0.692. The van der Waals surface area contributed by atoms with Crippen molar-refractivity contribution in [3.63, 3.8) is 0 Å². The zero-order valence-electron chi connectivity index (χ0n) is 18.8. The molecule has 0 radical (unpaired) electrons. The fraction of sp³-hybridized carbons (Fsp3) is 0.391. The maximum atomic E-state index is 12.5. The van der Waals surface area contributed by atoms with Crippen LogP contribution in [-0.2, 0) is 24.3 Å². The largest absolute Gasteiger partial charge is 0.490 e. The minimum absolute atomic E-state index is 0.0699. The lowest BCUT2D eigenvalue weighted by Crippen LogP contribution is -2.34. The molecule has 0 fully saturated rings. The fourth-order valence-electron chi connectivity index (χ4n) is 3.15. The third kappa shape index (κ3) is 6.69. The number of fused-ring (bicyclic) bond motifs is 1. The first kappa shape index (κ1) is 24.5. The second-order valence-corrected chi connectivity index (χ2v) is 9.54. The number of ether oxygens (including phenoxy) is 3. The van der Waals surface area contributed by atoms with Gasteiger partial charge in [-0.3, -0.25) is 9.59 Å². The maximum absolute atomic E-state index is 12.5. The summed E-state index contributed by atoms with van der Waals surface area (Å²) < 4.78 is 43.1. The maximum Gasteiger partial charge on any atom is 0.321 e. The van der Waals surface area contributed by atoms with E-state index in [1.807, 2.05) is 39.0 Å². The monoisotopic (exact) mass is 476 g/mol. The number of nitrogens with one attached hydrogen (secondary N) is 2. The second-order valence-electron chi connectivity index (χ2n) is 7.78. The van der Waals surface area contributed by atoms with E-state index in [9.17, 15) is 18.0 Å². The molecule has 3 rings (SSSR count). The topological polar surface area (TPSA) is 120 Å². The minimum Gasteiger partial charge on any atom is -0.490 e. The van der Waals surface area contributed by atoms with Gasteiger partial charge in [0.25, 0.3) is 5.91 Å². The lowest BCUT2D eigenvalue weighted by molar-refractivity contribution is -0.147. The Hall–Kier alpha value is -3.11. The zero-order valence-corrected chi connectivity index (χ0v) is 19.7. The van der Waals surface area contributed by atoms with Gasteiger partial charge in [0.15, 0.2) is 18.1 Å². The van der Waals surface area contributed by atoms with Gasteiger partial charge in [0, 0.05) is 12.5 Å². The Balaban J connectivity index is 1.48. The molecule has 0 bridgehead atoms. The van der Waals surface area contributed by atoms with Gasteiger partial charge < -0.3 is 19.5 Å². The summed E-state index contributed by atoms with van der Waals surface area (Å²) in [5.41, 5.74) is 3.20. The van der Waals surface area contributed by atoms with E-state index in [4.69, 9.17) is 14.2 Å². The summed E-state index contributed by atoms with van der Waals surface area (Å²) in [5.74, 6) is -0.568. The van der Waals surface area contributed by atoms with Crippen LogP contribution < -0.4 is 19.5 Å². The van der Waals surface area contributed by atoms with Gasteiger partial charge in [-0.15, -0.1) is 0 Å². The van der Waals surface area contributed by atoms with Gasteiger partial charge in [0.1, 0.15) is 6.54 Å². The molecule has 1 heterocycles. The molecule has 0 aliphatic carbocycles. The van der Waals surface area contributed by atoms with Gasteiger partial charge in [-0.25, -0.2) is 8.42 Å². The van der Waals surface area contributed by atoms with Crippen molar-refractivity contribution in [1.82, 2.24) is 10.0 Å². The van der Waals surface area contributed by atoms with Crippen LogP contribution in [-0.4, -0.2) is 46.7 Å². The molecule has 0 aromatic heterocycles. The Labute approximate surface area is 193 Å². The van der Waals surface area contributed by atoms with E-state index in [2.05, 4.69) is 10.0 Å². The van der Waals surface area contributed by atoms with Crippen molar-refractivity contribution in [3.8, 4) is 11.5 Å². The number of hydrogen-bond acceptors (Lipinski definition) is 7. The van der Waals surface area contributed by atoms with E-state index in [0.29, 0.717) is 31.1 Å². The first-order valence-electron chi connectivity index (χ1n) is 10.6. The molecule has 1 unspecified atom stereocenters. The zero-order chi connectivity index (χ0) is 24.0. The Kier molecular flexibility index (Phi) is 7.93. The molecule has 0 saturated heterocycles. The summed E-state index contributed by atoms with van der Waals surface area (Å²) in [4.78, 5) is 24.0. The fourth-order valence-corrected chi connectivity index (χ4v) is 4.13. The van der Waals surface area contributed by atoms with Crippen molar-refractivity contribution in [3.05, 3.63) is 53.1 Å². The van der Waals surface area contributed by atoms with E-state index in [0.717, 1.165) is 16.7 Å². The Morgan fingerprint density at radius 1 is 1.03 bits per heavy atom. The SMILES string of the molecule is Cc1ccc(C(C)NC(=O)COC(=O)CNS(=O)(=O)c2ccc3c(c2)OCCCO3)cc1C. The third-order valence-corrected chi connectivity index (χ3v) is 6.61. The van der Waals surface area contributed by atoms with Crippen molar-refractivity contribution >= 4 is 21.9 Å². The van der Waals surface area contributed by atoms with Crippen molar-refractivity contribution in [2.75, 3.05) is 26.4 Å². The summed E-state index contributed by atoms with van der Waals surface area (Å²) >= 11 is 0. The highest BCUT2D eigenvalue weighted by Crippen LogP contribution is 2.31. The predicted octanol–water partition coefficient (Wildman–Crippen LogP) is 2.16. The van der Waals surface area contributed by atoms with Crippen molar-refractivity contribution in [2.24, 2.45) is 0 Å². The molecule has 0 saturated carbocycles. The molecule has 2 aromatic rings. The summed E-state index contributed by atoms with van der Waals surface area (Å²) in [5, 5.41) is 2.75. The molecular formula is C23H28N2O7S. The normalized spacial score (nSPS) is 14.2. The third-order valence-electron chi connectivity index (χ3n) is 5.21. The van der Waals surface area contributed by atoms with Gasteiger partial charge in [0.2, 0.25) is 10.0 Å². The van der Waals surface area contributed by atoms with E-state index in [1.54, 1.807) is 0 Å². The number of carbonyl (C=O) groups excluding carboxylic acids is 2. The number of amides is 1. The van der Waals surface area contributed by atoms with Crippen LogP contribution >= 0.6 is 0 Å². The van der Waals surface area contributed by atoms with Crippen molar-refractivity contribution in [1.29, 1.82) is 0 Å². The van der Waals surface area contributed by atoms with E-state index < -0.39 is 35.1 Å². The van der Waals surface area contributed by atoms with Crippen molar-refractivity contribution < 1.29 is 32.2 Å². The highest BCUT2D eigenvalue weighted by atomic mass is 32.2. The second kappa shape index (κ2) is 10.7. The van der Waals surface area contributed by atoms with Crippen LogP contribution in [0.4, 0.5) is 0 Å². The van der Waals surface area contributed by atoms with Crippen LogP contribution in [0.25, 0.3) is 0 Å². The quantitative estimate of drug-likeness (QED) is 0.560. The highest BCUT2D eigenvalue weighted by Gasteiger charge is 2.20. The number of carbonyl (C=O) groups is 2. The first-order chi connectivity index (χ1) is 15.7. The average Bonchev–Trinajstić information content (AvgIpc) is 3.03. The van der Waals surface area contributed by atoms with Crippen molar-refractivity contribution in [2.45, 2.75) is 38.1 Å². The molecule has 10 heteroatoms. The van der Waals surface area contributed by atoms with Gasteiger partial charge in [-0.1, -0.05) is 18.2 Å². The van der Waals surface area contributed by atoms with Crippen LogP contribution in [0, 0.1) is 13.8 Å². The Bertz CT molecular complexity index is 1130. The number of rotatable bonds is 8. The summed E-state index contributed by atoms with van der Waals surface area (Å²) in [6, 6.07) is 9.83. The number of sulfonamides is 1. The van der Waals surface area contributed by atoms with Gasteiger partial charge in [-0.2, -0.15) is 4.72 Å². The Morgan fingerprint density at radius 3 is 2.48 bits per heavy atom. The number of aryl methyl sites for hydroxylation is 2. The Morgan fingerprint density at radius 2 is 1.76 bits per heavy atom. The van der Waals surface area contributed by atoms with Crippen LogP contribution in [0.3, 0.4) is 0 Å². The van der Waals surface area contributed by atoms with E-state index >= 15 is 0 Å². The van der Waals surface area contributed by atoms with Crippen LogP contribution in [0.5, 0.6) is 11.5 Å². The molecule has 1 amide bonds. The summed E-state index contributed by atoms with van der Waals surface area (Å²) in [6.45, 7) is 5.60. The molecule has 33 heavy (non-hydrogen) atoms. The molecule has 1 atom stereocenters. The molecule has 1 aliphatic rings.